The summed E-state index contributed by atoms with van der Waals surface area (Å²) in [5, 5.41) is 0. The molecule has 72 valence electrons. The number of hydrogen-bond donors (Lipinski definition) is 1. The average molecular weight is 192 g/mol. The van der Waals surface area contributed by atoms with Gasteiger partial charge >= 0.3 is 12.9 Å². The molecule has 1 N–H and O–H groups in total. The van der Waals surface area contributed by atoms with Crippen molar-refractivity contribution >= 4 is 18.4 Å². The molecule has 7 heteroatoms. The number of rotatable bonds is 2. The molecular weight excluding hydrogens is 186 g/mol. The first-order valence-corrected chi connectivity index (χ1v) is 3.41. The van der Waals surface area contributed by atoms with E-state index in [4.69, 9.17) is 0 Å². The summed E-state index contributed by atoms with van der Waals surface area (Å²) in [5.74, 6) is -0.814. The molecule has 0 radical (unpaired) electrons. The van der Waals surface area contributed by atoms with Crippen LogP contribution in [-0.4, -0.2) is 25.0 Å². The highest BCUT2D eigenvalue weighted by atomic mass is 19.4. The Labute approximate surface area is 71.9 Å². The molecule has 0 saturated heterocycles. The number of aromatic nitrogens is 1. The van der Waals surface area contributed by atoms with Crippen molar-refractivity contribution in [1.29, 1.82) is 0 Å². The number of carbonyl (C=O) groups excluding carboxylic acids is 1. The van der Waals surface area contributed by atoms with Crippen molar-refractivity contribution in [2.45, 2.75) is 0 Å². The molecule has 0 atom stereocenters. The minimum absolute atomic E-state index is 0.197. The monoisotopic (exact) mass is 192 g/mol. The Morgan fingerprint density at radius 2 is 2.15 bits per heavy atom. The van der Waals surface area contributed by atoms with E-state index >= 15 is 0 Å². The van der Waals surface area contributed by atoms with Gasteiger partial charge in [-0.2, -0.15) is 0 Å². The number of aromatic amines is 1. The molecule has 1 aromatic heterocycles. The Balaban J connectivity index is 2.93. The predicted octanol–water partition coefficient (Wildman–Crippen LogP) is 0.856. The van der Waals surface area contributed by atoms with E-state index in [2.05, 4.69) is 9.72 Å². The second-order valence-corrected chi connectivity index (χ2v) is 2.41. The van der Waals surface area contributed by atoms with Gasteiger partial charge in [0.15, 0.2) is 0 Å². The second-order valence-electron chi connectivity index (χ2n) is 2.41. The lowest BCUT2D eigenvalue weighted by Gasteiger charge is -2.10. The second kappa shape index (κ2) is 3.16. The quantitative estimate of drug-likeness (QED) is 0.557. The van der Waals surface area contributed by atoms with Crippen LogP contribution in [-0.2, 0) is 4.74 Å². The van der Waals surface area contributed by atoms with Gasteiger partial charge in [0.2, 0.25) is 0 Å². The van der Waals surface area contributed by atoms with Gasteiger partial charge < -0.3 is 22.7 Å². The number of ether oxygens (including phenoxy) is 1. The molecule has 0 bridgehead atoms. The molecule has 0 spiro atoms. The molecule has 1 aromatic rings. The van der Waals surface area contributed by atoms with E-state index in [9.17, 15) is 17.7 Å². The Morgan fingerprint density at radius 3 is 2.54 bits per heavy atom. The van der Waals surface area contributed by atoms with E-state index in [0.29, 0.717) is 0 Å². The summed E-state index contributed by atoms with van der Waals surface area (Å²) >= 11 is 0. The molecule has 0 amide bonds. The van der Waals surface area contributed by atoms with Gasteiger partial charge in [-0.1, -0.05) is 11.5 Å². The first-order valence-electron chi connectivity index (χ1n) is 3.41. The average Bonchev–Trinajstić information content (AvgIpc) is 2.50. The van der Waals surface area contributed by atoms with Crippen LogP contribution in [0.25, 0.3) is 0 Å². The van der Waals surface area contributed by atoms with Crippen molar-refractivity contribution in [1.82, 2.24) is 4.98 Å². The Morgan fingerprint density at radius 1 is 1.54 bits per heavy atom. The highest BCUT2D eigenvalue weighted by Gasteiger charge is 2.27. The summed E-state index contributed by atoms with van der Waals surface area (Å²) in [7, 11) is 1.10. The van der Waals surface area contributed by atoms with Gasteiger partial charge in [0, 0.05) is 0 Å². The number of H-pyrrole nitrogens is 1. The maximum absolute atomic E-state index is 12.1. The van der Waals surface area contributed by atoms with Crippen LogP contribution in [0.2, 0.25) is 0 Å². The van der Waals surface area contributed by atoms with Gasteiger partial charge in [-0.05, 0) is 6.20 Å². The van der Waals surface area contributed by atoms with Crippen molar-refractivity contribution in [3.05, 3.63) is 18.0 Å². The fraction of sp³-hybridized carbons (Fsp3) is 0.167. The first kappa shape index (κ1) is 9.69. The van der Waals surface area contributed by atoms with Crippen LogP contribution >= 0.6 is 0 Å². The van der Waals surface area contributed by atoms with Crippen LogP contribution in [0.15, 0.2) is 12.3 Å². The highest BCUT2D eigenvalue weighted by molar-refractivity contribution is 6.73. The predicted molar refractivity (Wildman–Crippen MR) is 40.8 cm³/mol. The fourth-order valence-corrected chi connectivity index (χ4v) is 0.828. The van der Waals surface area contributed by atoms with Gasteiger partial charge in [0.05, 0.1) is 7.11 Å². The Hall–Kier alpha value is -1.40. The van der Waals surface area contributed by atoms with Gasteiger partial charge in [-0.25, -0.2) is 4.79 Å². The van der Waals surface area contributed by atoms with Crippen LogP contribution in [0.1, 0.15) is 10.5 Å². The van der Waals surface area contributed by atoms with E-state index in [1.807, 2.05) is 0 Å². The molecule has 13 heavy (non-hydrogen) atoms. The number of halogens is 3. The lowest BCUT2D eigenvalue weighted by atomic mass is 9.82. The van der Waals surface area contributed by atoms with Crippen LogP contribution in [0, 0.1) is 0 Å². The van der Waals surface area contributed by atoms with Crippen molar-refractivity contribution in [2.24, 2.45) is 0 Å². The third kappa shape index (κ3) is 2.04. The maximum atomic E-state index is 12.1. The summed E-state index contributed by atoms with van der Waals surface area (Å²) in [6.45, 7) is -5.06. The molecule has 0 aliphatic carbocycles. The Kier molecular flexibility index (Phi) is 2.35. The van der Waals surface area contributed by atoms with E-state index in [-0.39, 0.29) is 5.69 Å². The number of nitrogens with one attached hydrogen (secondary N) is 1. The molecule has 1 heterocycles. The van der Waals surface area contributed by atoms with Crippen LogP contribution in [0.4, 0.5) is 12.9 Å². The standard InChI is InChI=1S/C6H6BF3NO2/c1-13-6(12)5-2-4(3-11-5)7(8,9)10/h2-3,11H,1H3/q-1. The summed E-state index contributed by atoms with van der Waals surface area (Å²) in [5.41, 5.74) is -1.03. The lowest BCUT2D eigenvalue weighted by molar-refractivity contribution is 0.0595. The largest absolute Gasteiger partial charge is 0.511 e. The number of esters is 1. The maximum Gasteiger partial charge on any atom is 0.511 e. The van der Waals surface area contributed by atoms with Crippen molar-refractivity contribution in [3.8, 4) is 0 Å². The smallest absolute Gasteiger partial charge is 0.464 e. The molecule has 0 saturated carbocycles. The zero-order valence-corrected chi connectivity index (χ0v) is 6.68. The molecule has 0 fully saturated rings. The lowest BCUT2D eigenvalue weighted by Crippen LogP contribution is -2.32. The van der Waals surface area contributed by atoms with Crippen LogP contribution in [0.5, 0.6) is 0 Å². The first-order chi connectivity index (χ1) is 5.95. The minimum atomic E-state index is -5.06. The van der Waals surface area contributed by atoms with Gasteiger partial charge in [-0.3, -0.25) is 0 Å². The van der Waals surface area contributed by atoms with Gasteiger partial charge in [0.25, 0.3) is 0 Å². The van der Waals surface area contributed by atoms with Crippen molar-refractivity contribution in [2.75, 3.05) is 7.11 Å². The summed E-state index contributed by atoms with van der Waals surface area (Å²) in [6, 6.07) is 0.728. The molecule has 0 unspecified atom stereocenters. The van der Waals surface area contributed by atoms with E-state index in [1.54, 1.807) is 0 Å². The number of hydrogen-bond acceptors (Lipinski definition) is 2. The number of carbonyl (C=O) groups is 1. The SMILES string of the molecule is COC(=O)c1cc([B-](F)(F)F)c[nH]1. The fourth-order valence-electron chi connectivity index (χ4n) is 0.828. The van der Waals surface area contributed by atoms with Crippen molar-refractivity contribution < 1.29 is 22.5 Å². The van der Waals surface area contributed by atoms with Crippen LogP contribution in [0.3, 0.4) is 0 Å². The zero-order valence-electron chi connectivity index (χ0n) is 6.68. The third-order valence-corrected chi connectivity index (χ3v) is 1.49. The van der Waals surface area contributed by atoms with Crippen molar-refractivity contribution in [3.63, 3.8) is 0 Å². The summed E-state index contributed by atoms with van der Waals surface area (Å²) in [4.78, 5) is 12.9. The highest BCUT2D eigenvalue weighted by Crippen LogP contribution is 2.09. The molecule has 0 aromatic carbocycles. The third-order valence-electron chi connectivity index (χ3n) is 1.49. The summed E-state index contributed by atoms with van der Waals surface area (Å²) in [6.07, 6.45) is 0.742. The van der Waals surface area contributed by atoms with Gasteiger partial charge in [-0.15, -0.1) is 0 Å². The normalized spacial score (nSPS) is 11.4. The molecule has 0 aliphatic rings. The van der Waals surface area contributed by atoms with E-state index < -0.39 is 18.4 Å². The van der Waals surface area contributed by atoms with E-state index in [1.165, 1.54) is 0 Å². The van der Waals surface area contributed by atoms with Crippen LogP contribution < -0.4 is 5.46 Å². The Bertz CT molecular complexity index is 320. The minimum Gasteiger partial charge on any atom is -0.464 e. The molecule has 0 aliphatic heterocycles. The molecular formula is C6H6BF3NO2-. The molecule has 3 nitrogen and oxygen atoms in total. The topological polar surface area (TPSA) is 42.1 Å². The zero-order chi connectivity index (χ0) is 10.1. The van der Waals surface area contributed by atoms with E-state index in [0.717, 1.165) is 19.4 Å². The molecule has 1 rings (SSSR count). The summed E-state index contributed by atoms with van der Waals surface area (Å²) < 4.78 is 40.4. The van der Waals surface area contributed by atoms with Gasteiger partial charge in [0.1, 0.15) is 5.69 Å². The number of methoxy groups -OCH3 is 1.